The molecule has 0 radical (unpaired) electrons. The topological polar surface area (TPSA) is 43.1 Å². The molecule has 0 atom stereocenters. The van der Waals surface area contributed by atoms with Crippen LogP contribution < -0.4 is 0 Å². The van der Waals surface area contributed by atoms with Crippen molar-refractivity contribution >= 4 is 28.9 Å². The Morgan fingerprint density at radius 1 is 1.11 bits per heavy atom. The van der Waals surface area contributed by atoms with E-state index in [0.717, 1.165) is 12.1 Å². The first-order chi connectivity index (χ1) is 8.50. The van der Waals surface area contributed by atoms with Crippen molar-refractivity contribution in [3.8, 4) is 11.1 Å². The van der Waals surface area contributed by atoms with E-state index in [4.69, 9.17) is 23.2 Å². The van der Waals surface area contributed by atoms with Crippen LogP contribution in [-0.2, 0) is 0 Å². The van der Waals surface area contributed by atoms with Crippen LogP contribution in [0, 0.1) is 15.9 Å². The minimum atomic E-state index is -0.923. The van der Waals surface area contributed by atoms with Gasteiger partial charge in [0.1, 0.15) is 0 Å². The molecule has 2 aromatic carbocycles. The van der Waals surface area contributed by atoms with Gasteiger partial charge in [-0.1, -0.05) is 29.3 Å². The van der Waals surface area contributed by atoms with Crippen molar-refractivity contribution in [1.82, 2.24) is 0 Å². The highest BCUT2D eigenvalue weighted by atomic mass is 35.5. The molecule has 0 saturated carbocycles. The van der Waals surface area contributed by atoms with Crippen molar-refractivity contribution < 1.29 is 9.31 Å². The van der Waals surface area contributed by atoms with E-state index in [-0.39, 0.29) is 0 Å². The molecule has 0 unspecified atom stereocenters. The maximum absolute atomic E-state index is 13.5. The highest BCUT2D eigenvalue weighted by Gasteiger charge is 2.16. The van der Waals surface area contributed by atoms with Crippen molar-refractivity contribution in [1.29, 1.82) is 0 Å². The molecule has 18 heavy (non-hydrogen) atoms. The molecule has 3 nitrogen and oxygen atoms in total. The third-order valence-corrected chi connectivity index (χ3v) is 3.03. The Morgan fingerprint density at radius 3 is 2.22 bits per heavy atom. The van der Waals surface area contributed by atoms with Crippen LogP contribution in [0.2, 0.25) is 10.0 Å². The maximum atomic E-state index is 13.5. The third kappa shape index (κ3) is 2.30. The molecule has 0 spiro atoms. The minimum Gasteiger partial charge on any atom is -0.258 e. The van der Waals surface area contributed by atoms with Gasteiger partial charge in [0.2, 0.25) is 5.82 Å². The number of nitro benzene ring substituents is 1. The van der Waals surface area contributed by atoms with Crippen LogP contribution in [0.5, 0.6) is 0 Å². The molecule has 0 heterocycles. The van der Waals surface area contributed by atoms with E-state index < -0.39 is 16.4 Å². The average molecular weight is 286 g/mol. The smallest absolute Gasteiger partial charge is 0.258 e. The zero-order valence-electron chi connectivity index (χ0n) is 8.86. The summed E-state index contributed by atoms with van der Waals surface area (Å²) in [5, 5.41) is 11.2. The lowest BCUT2D eigenvalue weighted by Crippen LogP contribution is -1.93. The first kappa shape index (κ1) is 12.8. The van der Waals surface area contributed by atoms with Gasteiger partial charge in [-0.05, 0) is 29.8 Å². The van der Waals surface area contributed by atoms with E-state index in [1.807, 2.05) is 0 Å². The van der Waals surface area contributed by atoms with Crippen LogP contribution in [0.3, 0.4) is 0 Å². The van der Waals surface area contributed by atoms with Crippen molar-refractivity contribution in [2.75, 3.05) is 0 Å². The minimum absolute atomic E-state index is 0.357. The second kappa shape index (κ2) is 4.92. The molecule has 0 aliphatic heterocycles. The van der Waals surface area contributed by atoms with E-state index in [9.17, 15) is 14.5 Å². The summed E-state index contributed by atoms with van der Waals surface area (Å²) < 4.78 is 13.5. The number of hydrogen-bond donors (Lipinski definition) is 0. The number of nitro groups is 1. The Morgan fingerprint density at radius 2 is 1.72 bits per heavy atom. The average Bonchev–Trinajstić information content (AvgIpc) is 2.28. The lowest BCUT2D eigenvalue weighted by Gasteiger charge is -2.07. The van der Waals surface area contributed by atoms with E-state index in [1.54, 1.807) is 18.2 Å². The molecule has 92 valence electrons. The molecule has 2 rings (SSSR count). The molecule has 0 aliphatic rings. The highest BCUT2D eigenvalue weighted by molar-refractivity contribution is 6.39. The standard InChI is InChI=1S/C12H6Cl2FNO2/c13-8-2-1-3-9(14)12(8)7-4-5-11(16(17)18)10(15)6-7/h1-6H. The summed E-state index contributed by atoms with van der Waals surface area (Å²) in [6.45, 7) is 0. The zero-order chi connectivity index (χ0) is 13.3. The monoisotopic (exact) mass is 285 g/mol. The summed E-state index contributed by atoms with van der Waals surface area (Å²) >= 11 is 12.0. The summed E-state index contributed by atoms with van der Waals surface area (Å²) in [6.07, 6.45) is 0. The molecular weight excluding hydrogens is 280 g/mol. The first-order valence-electron chi connectivity index (χ1n) is 4.89. The first-order valence-corrected chi connectivity index (χ1v) is 5.64. The Labute approximate surface area is 112 Å². The van der Waals surface area contributed by atoms with Gasteiger partial charge in [-0.15, -0.1) is 0 Å². The predicted octanol–water partition coefficient (Wildman–Crippen LogP) is 4.71. The Balaban J connectivity index is 2.59. The lowest BCUT2D eigenvalue weighted by molar-refractivity contribution is -0.387. The van der Waals surface area contributed by atoms with Crippen molar-refractivity contribution in [2.45, 2.75) is 0 Å². The van der Waals surface area contributed by atoms with Gasteiger partial charge in [-0.25, -0.2) is 0 Å². The molecule has 0 fully saturated rings. The Kier molecular flexibility index (Phi) is 3.50. The van der Waals surface area contributed by atoms with Crippen molar-refractivity contribution in [3.05, 3.63) is 62.4 Å². The van der Waals surface area contributed by atoms with E-state index in [1.165, 1.54) is 6.07 Å². The van der Waals surface area contributed by atoms with Gasteiger partial charge in [0.15, 0.2) is 0 Å². The van der Waals surface area contributed by atoms with Gasteiger partial charge in [-0.2, -0.15) is 4.39 Å². The van der Waals surface area contributed by atoms with Crippen LogP contribution >= 0.6 is 23.2 Å². The molecular formula is C12H6Cl2FNO2. The Bertz CT molecular complexity index is 611. The summed E-state index contributed by atoms with van der Waals surface area (Å²) in [4.78, 5) is 9.73. The second-order valence-electron chi connectivity index (χ2n) is 3.52. The fraction of sp³-hybridized carbons (Fsp3) is 0. The predicted molar refractivity (Wildman–Crippen MR) is 68.5 cm³/mol. The van der Waals surface area contributed by atoms with Gasteiger partial charge in [0.05, 0.1) is 4.92 Å². The lowest BCUT2D eigenvalue weighted by atomic mass is 10.0. The number of rotatable bonds is 2. The molecule has 0 saturated heterocycles. The second-order valence-corrected chi connectivity index (χ2v) is 4.33. The molecule has 6 heteroatoms. The number of benzene rings is 2. The number of halogens is 3. The summed E-state index contributed by atoms with van der Waals surface area (Å²) in [5.41, 5.74) is 0.269. The van der Waals surface area contributed by atoms with Gasteiger partial charge < -0.3 is 0 Å². The quantitative estimate of drug-likeness (QED) is 0.592. The number of nitrogens with zero attached hydrogens (tertiary/aromatic N) is 1. The zero-order valence-corrected chi connectivity index (χ0v) is 10.4. The summed E-state index contributed by atoms with van der Waals surface area (Å²) in [6, 6.07) is 8.43. The third-order valence-electron chi connectivity index (χ3n) is 2.40. The molecule has 0 bridgehead atoms. The summed E-state index contributed by atoms with van der Waals surface area (Å²) in [7, 11) is 0. The van der Waals surface area contributed by atoms with Crippen LogP contribution in [-0.4, -0.2) is 4.92 Å². The molecule has 2 aromatic rings. The fourth-order valence-corrected chi connectivity index (χ4v) is 2.20. The Hall–Kier alpha value is -1.65. The van der Waals surface area contributed by atoms with Gasteiger partial charge in [-0.3, -0.25) is 10.1 Å². The van der Waals surface area contributed by atoms with Gasteiger partial charge in [0, 0.05) is 21.7 Å². The molecule has 0 amide bonds. The van der Waals surface area contributed by atoms with Crippen molar-refractivity contribution in [3.63, 3.8) is 0 Å². The molecule has 0 aliphatic carbocycles. The largest absolute Gasteiger partial charge is 0.304 e. The normalized spacial score (nSPS) is 10.4. The highest BCUT2D eigenvalue weighted by Crippen LogP contribution is 2.35. The molecule has 0 aromatic heterocycles. The van der Waals surface area contributed by atoms with Gasteiger partial charge in [0.25, 0.3) is 0 Å². The van der Waals surface area contributed by atoms with Crippen LogP contribution in [0.1, 0.15) is 0 Å². The fourth-order valence-electron chi connectivity index (χ4n) is 1.58. The van der Waals surface area contributed by atoms with Crippen LogP contribution in [0.25, 0.3) is 11.1 Å². The molecule has 0 N–H and O–H groups in total. The van der Waals surface area contributed by atoms with E-state index in [0.29, 0.717) is 21.2 Å². The van der Waals surface area contributed by atoms with Crippen molar-refractivity contribution in [2.24, 2.45) is 0 Å². The van der Waals surface area contributed by atoms with Crippen LogP contribution in [0.15, 0.2) is 36.4 Å². The van der Waals surface area contributed by atoms with E-state index in [2.05, 4.69) is 0 Å². The summed E-state index contributed by atoms with van der Waals surface area (Å²) in [5.74, 6) is -0.923. The van der Waals surface area contributed by atoms with E-state index >= 15 is 0 Å². The van der Waals surface area contributed by atoms with Crippen LogP contribution in [0.4, 0.5) is 10.1 Å². The SMILES string of the molecule is O=[N+]([O-])c1ccc(-c2c(Cl)cccc2Cl)cc1F. The van der Waals surface area contributed by atoms with Gasteiger partial charge >= 0.3 is 5.69 Å². The maximum Gasteiger partial charge on any atom is 0.304 e. The number of hydrogen-bond acceptors (Lipinski definition) is 2.